The number of alkyl halides is 3. The fourth-order valence-electron chi connectivity index (χ4n) is 2.03. The van der Waals surface area contributed by atoms with Crippen molar-refractivity contribution in [3.8, 4) is 17.4 Å². The molecular formula is C17H10Cl2F3N3O2. The Kier molecular flexibility index (Phi) is 5.67. The molecule has 0 atom stereocenters. The average Bonchev–Trinajstić information content (AvgIpc) is 2.62. The summed E-state index contributed by atoms with van der Waals surface area (Å²) in [4.78, 5) is 11.7. The van der Waals surface area contributed by atoms with Crippen LogP contribution in [0.1, 0.15) is 11.3 Å². The maximum absolute atomic E-state index is 12.9. The summed E-state index contributed by atoms with van der Waals surface area (Å²) in [6.07, 6.45) is -1.75. The summed E-state index contributed by atoms with van der Waals surface area (Å²) in [5.74, 6) is 0.547. The van der Waals surface area contributed by atoms with Gasteiger partial charge in [-0.05, 0) is 41.9 Å². The normalized spacial score (nSPS) is 11.3. The van der Waals surface area contributed by atoms with Crippen molar-refractivity contribution < 1.29 is 22.6 Å². The molecule has 0 aliphatic heterocycles. The highest BCUT2D eigenvalue weighted by atomic mass is 35.5. The van der Waals surface area contributed by atoms with Gasteiger partial charge in [0, 0.05) is 12.3 Å². The molecule has 0 unspecified atom stereocenters. The Morgan fingerprint density at radius 1 is 0.963 bits per heavy atom. The second-order valence-corrected chi connectivity index (χ2v) is 5.92. The van der Waals surface area contributed by atoms with Crippen LogP contribution in [0.5, 0.6) is 17.4 Å². The second-order valence-electron chi connectivity index (χ2n) is 5.18. The van der Waals surface area contributed by atoms with Crippen LogP contribution in [0.2, 0.25) is 10.3 Å². The first kappa shape index (κ1) is 19.2. The highest BCUT2D eigenvalue weighted by Crippen LogP contribution is 2.37. The summed E-state index contributed by atoms with van der Waals surface area (Å²) >= 11 is 11.2. The van der Waals surface area contributed by atoms with Crippen LogP contribution < -0.4 is 9.47 Å². The van der Waals surface area contributed by atoms with Crippen LogP contribution in [0.15, 0.2) is 48.8 Å². The number of hydrogen-bond donors (Lipinski definition) is 0. The smallest absolute Gasteiger partial charge is 0.417 e. The predicted octanol–water partition coefficient (Wildman–Crippen LogP) is 5.57. The molecule has 0 aliphatic carbocycles. The zero-order chi connectivity index (χ0) is 19.4. The van der Waals surface area contributed by atoms with E-state index in [4.69, 9.17) is 32.7 Å². The van der Waals surface area contributed by atoms with Crippen LogP contribution in [-0.2, 0) is 12.8 Å². The predicted molar refractivity (Wildman–Crippen MR) is 92.1 cm³/mol. The van der Waals surface area contributed by atoms with Crippen LogP contribution in [0.4, 0.5) is 13.2 Å². The topological polar surface area (TPSA) is 57.1 Å². The number of aromatic nitrogens is 3. The maximum Gasteiger partial charge on any atom is 0.417 e. The van der Waals surface area contributed by atoms with Crippen molar-refractivity contribution in [3.05, 3.63) is 70.4 Å². The van der Waals surface area contributed by atoms with Gasteiger partial charge < -0.3 is 9.47 Å². The van der Waals surface area contributed by atoms with Gasteiger partial charge in [-0.1, -0.05) is 11.6 Å². The number of benzene rings is 1. The molecule has 0 saturated carbocycles. The third kappa shape index (κ3) is 5.21. The van der Waals surface area contributed by atoms with Gasteiger partial charge in [0.1, 0.15) is 18.1 Å². The van der Waals surface area contributed by atoms with Crippen LogP contribution in [-0.4, -0.2) is 15.0 Å². The van der Waals surface area contributed by atoms with Gasteiger partial charge in [0.15, 0.2) is 0 Å². The van der Waals surface area contributed by atoms with Gasteiger partial charge in [-0.2, -0.15) is 18.2 Å². The van der Waals surface area contributed by atoms with Gasteiger partial charge in [0.25, 0.3) is 0 Å². The first-order chi connectivity index (χ1) is 12.8. The fourth-order valence-corrected chi connectivity index (χ4v) is 2.39. The Bertz CT molecular complexity index is 937. The average molecular weight is 416 g/mol. The summed E-state index contributed by atoms with van der Waals surface area (Å²) in [5.41, 5.74) is -0.410. The highest BCUT2D eigenvalue weighted by Gasteiger charge is 2.33. The Labute approximate surface area is 161 Å². The van der Waals surface area contributed by atoms with Crippen LogP contribution in [0, 0.1) is 0 Å². The molecule has 3 rings (SSSR count). The lowest BCUT2D eigenvalue weighted by atomic mass is 10.2. The van der Waals surface area contributed by atoms with E-state index in [9.17, 15) is 13.2 Å². The van der Waals surface area contributed by atoms with Crippen LogP contribution >= 0.6 is 23.2 Å². The largest absolute Gasteiger partial charge is 0.471 e. The number of rotatable bonds is 5. The molecular weight excluding hydrogens is 406 g/mol. The molecule has 0 fully saturated rings. The number of halogens is 5. The third-order valence-electron chi connectivity index (χ3n) is 3.25. The summed E-state index contributed by atoms with van der Waals surface area (Å²) < 4.78 is 49.5. The Morgan fingerprint density at radius 2 is 1.74 bits per heavy atom. The van der Waals surface area contributed by atoms with Crippen LogP contribution in [0.3, 0.4) is 0 Å². The van der Waals surface area contributed by atoms with Crippen molar-refractivity contribution in [2.45, 2.75) is 12.8 Å². The van der Waals surface area contributed by atoms with Gasteiger partial charge in [0.05, 0.1) is 22.5 Å². The zero-order valence-corrected chi connectivity index (χ0v) is 14.9. The first-order valence-electron chi connectivity index (χ1n) is 7.42. The van der Waals surface area contributed by atoms with Crippen LogP contribution in [0.25, 0.3) is 0 Å². The Balaban J connectivity index is 1.66. The molecule has 0 bridgehead atoms. The monoisotopic (exact) mass is 415 g/mol. The molecule has 2 heterocycles. The fraction of sp³-hybridized carbons (Fsp3) is 0.118. The lowest BCUT2D eigenvalue weighted by Crippen LogP contribution is -2.06. The molecule has 140 valence electrons. The number of hydrogen-bond acceptors (Lipinski definition) is 5. The number of ether oxygens (including phenoxy) is 2. The molecule has 5 nitrogen and oxygen atoms in total. The zero-order valence-electron chi connectivity index (χ0n) is 13.4. The van der Waals surface area contributed by atoms with E-state index in [-0.39, 0.29) is 29.3 Å². The second kappa shape index (κ2) is 7.98. The Morgan fingerprint density at radius 3 is 2.41 bits per heavy atom. The van der Waals surface area contributed by atoms with Gasteiger partial charge in [-0.15, -0.1) is 0 Å². The summed E-state index contributed by atoms with van der Waals surface area (Å²) in [6.45, 7) is 0.118. The molecule has 3 aromatic rings. The van der Waals surface area contributed by atoms with Crippen molar-refractivity contribution >= 4 is 23.2 Å². The molecule has 1 aromatic carbocycles. The minimum atomic E-state index is -4.57. The standard InChI is InChI=1S/C17H10Cl2F3N3O2/c18-14-4-3-11(7-13(14)17(20,21)22)27-12-2-1-10(24-8-12)9-26-15-5-6-23-16(19)25-15/h1-8H,9H2. The lowest BCUT2D eigenvalue weighted by Gasteiger charge is -2.12. The van der Waals surface area contributed by atoms with Gasteiger partial charge in [-0.25, -0.2) is 4.98 Å². The van der Waals surface area contributed by atoms with Crippen molar-refractivity contribution in [2.75, 3.05) is 0 Å². The molecule has 0 N–H and O–H groups in total. The van der Waals surface area contributed by atoms with E-state index in [1.54, 1.807) is 18.2 Å². The number of nitrogens with zero attached hydrogens (tertiary/aromatic N) is 3. The SMILES string of the molecule is FC(F)(F)c1cc(Oc2ccc(COc3ccnc(Cl)n3)nc2)ccc1Cl. The molecule has 0 saturated heterocycles. The quantitative estimate of drug-likeness (QED) is 0.509. The summed E-state index contributed by atoms with van der Waals surface area (Å²) in [5, 5.41) is -0.337. The van der Waals surface area contributed by atoms with E-state index in [2.05, 4.69) is 15.0 Å². The molecule has 10 heteroatoms. The van der Waals surface area contributed by atoms with E-state index in [1.807, 2.05) is 0 Å². The van der Waals surface area contributed by atoms with Crippen molar-refractivity contribution in [1.29, 1.82) is 0 Å². The van der Waals surface area contributed by atoms with Crippen molar-refractivity contribution in [2.24, 2.45) is 0 Å². The third-order valence-corrected chi connectivity index (χ3v) is 3.76. The van der Waals surface area contributed by atoms with E-state index in [1.165, 1.54) is 18.5 Å². The number of pyridine rings is 1. The van der Waals surface area contributed by atoms with E-state index in [0.717, 1.165) is 12.1 Å². The van der Waals surface area contributed by atoms with Gasteiger partial charge in [0.2, 0.25) is 11.2 Å². The molecule has 0 aliphatic rings. The Hall–Kier alpha value is -2.58. The molecule has 0 spiro atoms. The maximum atomic E-state index is 12.9. The molecule has 0 amide bonds. The molecule has 27 heavy (non-hydrogen) atoms. The van der Waals surface area contributed by atoms with Gasteiger partial charge >= 0.3 is 6.18 Å². The van der Waals surface area contributed by atoms with E-state index < -0.39 is 16.8 Å². The molecule has 0 radical (unpaired) electrons. The minimum absolute atomic E-state index is 0.00634. The summed E-state index contributed by atoms with van der Waals surface area (Å²) in [6, 6.07) is 8.01. The molecule has 2 aromatic heterocycles. The highest BCUT2D eigenvalue weighted by molar-refractivity contribution is 6.31. The lowest BCUT2D eigenvalue weighted by molar-refractivity contribution is -0.137. The van der Waals surface area contributed by atoms with Gasteiger partial charge in [-0.3, -0.25) is 4.98 Å². The van der Waals surface area contributed by atoms with Crippen molar-refractivity contribution in [1.82, 2.24) is 15.0 Å². The summed E-state index contributed by atoms with van der Waals surface area (Å²) in [7, 11) is 0. The van der Waals surface area contributed by atoms with Crippen molar-refractivity contribution in [3.63, 3.8) is 0 Å². The van der Waals surface area contributed by atoms with E-state index in [0.29, 0.717) is 5.69 Å². The first-order valence-corrected chi connectivity index (χ1v) is 8.18. The minimum Gasteiger partial charge on any atom is -0.471 e. The van der Waals surface area contributed by atoms with E-state index >= 15 is 0 Å².